The average Bonchev–Trinajstić information content (AvgIpc) is 2.57. The molecule has 0 saturated heterocycles. The van der Waals surface area contributed by atoms with Crippen LogP contribution in [0.1, 0.15) is 23.6 Å². The van der Waals surface area contributed by atoms with Crippen LogP contribution in [0.3, 0.4) is 0 Å². The van der Waals surface area contributed by atoms with E-state index in [1.54, 1.807) is 0 Å². The van der Waals surface area contributed by atoms with Gasteiger partial charge in [-0.1, -0.05) is 13.0 Å². The molecule has 0 radical (unpaired) electrons. The Labute approximate surface area is 148 Å². The molecule has 0 aliphatic heterocycles. The topological polar surface area (TPSA) is 25.8 Å². The lowest BCUT2D eigenvalue weighted by atomic mass is 9.99. The molecule has 2 heterocycles. The zero-order valence-corrected chi connectivity index (χ0v) is 15.4. The number of thioether (sulfide) groups is 1. The van der Waals surface area contributed by atoms with Gasteiger partial charge in [-0.15, -0.1) is 11.8 Å². The first-order chi connectivity index (χ1) is 11.6. The van der Waals surface area contributed by atoms with E-state index < -0.39 is 0 Å². The molecule has 0 unspecified atom stereocenters. The second-order valence-electron chi connectivity index (χ2n) is 5.99. The maximum atomic E-state index is 4.75. The second kappa shape index (κ2) is 7.18. The molecule has 0 atom stereocenters. The van der Waals surface area contributed by atoms with Crippen LogP contribution in [-0.2, 0) is 0 Å². The van der Waals surface area contributed by atoms with E-state index in [4.69, 9.17) is 4.98 Å². The number of rotatable bonds is 4. The van der Waals surface area contributed by atoms with Gasteiger partial charge in [0.15, 0.2) is 0 Å². The highest BCUT2D eigenvalue weighted by Gasteiger charge is 2.09. The minimum atomic E-state index is 1.05. The van der Waals surface area contributed by atoms with E-state index in [0.717, 1.165) is 22.6 Å². The van der Waals surface area contributed by atoms with Gasteiger partial charge in [0.25, 0.3) is 0 Å². The number of hydrogen-bond donors (Lipinski definition) is 0. The molecule has 3 aromatic rings. The summed E-state index contributed by atoms with van der Waals surface area (Å²) in [6.07, 6.45) is 5.69. The van der Waals surface area contributed by atoms with Crippen molar-refractivity contribution in [3.63, 3.8) is 0 Å². The summed E-state index contributed by atoms with van der Waals surface area (Å²) in [5.74, 6) is 1.09. The summed E-state index contributed by atoms with van der Waals surface area (Å²) < 4.78 is 0. The van der Waals surface area contributed by atoms with Crippen LogP contribution in [0.2, 0.25) is 0 Å². The molecule has 0 aliphatic carbocycles. The second-order valence-corrected chi connectivity index (χ2v) is 7.30. The first kappa shape index (κ1) is 16.7. The summed E-state index contributed by atoms with van der Waals surface area (Å²) in [6, 6.07) is 10.9. The lowest BCUT2D eigenvalue weighted by molar-refractivity contribution is 1.23. The minimum Gasteiger partial charge on any atom is -0.264 e. The fourth-order valence-corrected chi connectivity index (χ4v) is 3.67. The van der Waals surface area contributed by atoms with Gasteiger partial charge in [-0.25, -0.2) is 0 Å². The fourth-order valence-electron chi connectivity index (χ4n) is 2.90. The molecule has 122 valence electrons. The molecule has 0 fully saturated rings. The van der Waals surface area contributed by atoms with Gasteiger partial charge in [-0.2, -0.15) is 0 Å². The van der Waals surface area contributed by atoms with E-state index in [0.29, 0.717) is 0 Å². The molecule has 0 spiro atoms. The van der Waals surface area contributed by atoms with Crippen LogP contribution in [0.5, 0.6) is 0 Å². The third kappa shape index (κ3) is 3.36. The van der Waals surface area contributed by atoms with Crippen molar-refractivity contribution in [1.29, 1.82) is 0 Å². The van der Waals surface area contributed by atoms with Crippen molar-refractivity contribution in [2.75, 3.05) is 5.75 Å². The Balaban J connectivity index is 1.99. The van der Waals surface area contributed by atoms with Gasteiger partial charge in [-0.3, -0.25) is 9.97 Å². The molecule has 3 rings (SSSR count). The van der Waals surface area contributed by atoms with Gasteiger partial charge in [0.1, 0.15) is 0 Å². The SMILES string of the molecule is CCSc1ccc(-c2ncc(-c3cnccc3C)cc2C)cc1C. The van der Waals surface area contributed by atoms with Crippen molar-refractivity contribution >= 4 is 11.8 Å². The van der Waals surface area contributed by atoms with Crippen LogP contribution in [-0.4, -0.2) is 15.7 Å². The summed E-state index contributed by atoms with van der Waals surface area (Å²) in [4.78, 5) is 10.3. The Hall–Kier alpha value is -2.13. The summed E-state index contributed by atoms with van der Waals surface area (Å²) in [5.41, 5.74) is 8.22. The lowest BCUT2D eigenvalue weighted by Gasteiger charge is -2.11. The summed E-state index contributed by atoms with van der Waals surface area (Å²) in [5, 5.41) is 0. The first-order valence-corrected chi connectivity index (χ1v) is 9.20. The van der Waals surface area contributed by atoms with E-state index in [2.05, 4.69) is 56.9 Å². The Bertz CT molecular complexity index is 871. The highest BCUT2D eigenvalue weighted by atomic mass is 32.2. The van der Waals surface area contributed by atoms with Crippen molar-refractivity contribution in [3.05, 3.63) is 65.6 Å². The number of nitrogens with zero attached hydrogens (tertiary/aromatic N) is 2. The number of aryl methyl sites for hydroxylation is 3. The molecule has 0 N–H and O–H groups in total. The predicted molar refractivity (Wildman–Crippen MR) is 104 cm³/mol. The molecule has 1 aromatic carbocycles. The molecule has 0 bridgehead atoms. The minimum absolute atomic E-state index is 1.05. The molecule has 0 saturated carbocycles. The number of hydrogen-bond acceptors (Lipinski definition) is 3. The standard InChI is InChI=1S/C21H22N2S/c1-5-24-20-7-6-17(10-15(20)3)21-16(4)11-18(12-23-21)19-13-22-9-8-14(19)2/h6-13H,5H2,1-4H3. The largest absolute Gasteiger partial charge is 0.264 e. The molecular weight excluding hydrogens is 312 g/mol. The Morgan fingerprint density at radius 3 is 2.33 bits per heavy atom. The van der Waals surface area contributed by atoms with Crippen molar-refractivity contribution in [2.24, 2.45) is 0 Å². The van der Waals surface area contributed by atoms with Crippen LogP contribution in [0, 0.1) is 20.8 Å². The number of benzene rings is 1. The summed E-state index contributed by atoms with van der Waals surface area (Å²) in [7, 11) is 0. The van der Waals surface area contributed by atoms with E-state index in [-0.39, 0.29) is 0 Å². The number of aromatic nitrogens is 2. The molecule has 0 aliphatic rings. The molecule has 2 aromatic heterocycles. The molecule has 2 nitrogen and oxygen atoms in total. The molecular formula is C21H22N2S. The Morgan fingerprint density at radius 1 is 0.875 bits per heavy atom. The van der Waals surface area contributed by atoms with Gasteiger partial charge in [0.2, 0.25) is 0 Å². The van der Waals surface area contributed by atoms with Gasteiger partial charge >= 0.3 is 0 Å². The predicted octanol–water partition coefficient (Wildman–Crippen LogP) is 5.85. The Kier molecular flexibility index (Phi) is 5.00. The van der Waals surface area contributed by atoms with Gasteiger partial charge < -0.3 is 0 Å². The highest BCUT2D eigenvalue weighted by molar-refractivity contribution is 7.99. The zero-order chi connectivity index (χ0) is 17.1. The smallest absolute Gasteiger partial charge is 0.0731 e. The summed E-state index contributed by atoms with van der Waals surface area (Å²) in [6.45, 7) is 8.59. The van der Waals surface area contributed by atoms with E-state index in [9.17, 15) is 0 Å². The van der Waals surface area contributed by atoms with Crippen LogP contribution in [0.15, 0.2) is 53.8 Å². The van der Waals surface area contributed by atoms with Crippen LogP contribution in [0.4, 0.5) is 0 Å². The molecule has 3 heteroatoms. The van der Waals surface area contributed by atoms with Gasteiger partial charge in [0.05, 0.1) is 5.69 Å². The quantitative estimate of drug-likeness (QED) is 0.560. The van der Waals surface area contributed by atoms with Crippen LogP contribution < -0.4 is 0 Å². The van der Waals surface area contributed by atoms with E-state index in [1.165, 1.54) is 27.1 Å². The zero-order valence-electron chi connectivity index (χ0n) is 14.6. The van der Waals surface area contributed by atoms with E-state index >= 15 is 0 Å². The van der Waals surface area contributed by atoms with Gasteiger partial charge in [0, 0.05) is 40.2 Å². The molecule has 24 heavy (non-hydrogen) atoms. The maximum absolute atomic E-state index is 4.75. The first-order valence-electron chi connectivity index (χ1n) is 8.21. The van der Waals surface area contributed by atoms with Crippen molar-refractivity contribution < 1.29 is 0 Å². The lowest BCUT2D eigenvalue weighted by Crippen LogP contribution is -1.93. The van der Waals surface area contributed by atoms with Crippen molar-refractivity contribution in [1.82, 2.24) is 9.97 Å². The van der Waals surface area contributed by atoms with Crippen LogP contribution in [0.25, 0.3) is 22.4 Å². The Morgan fingerprint density at radius 2 is 1.67 bits per heavy atom. The maximum Gasteiger partial charge on any atom is 0.0731 e. The van der Waals surface area contributed by atoms with Crippen LogP contribution >= 0.6 is 11.8 Å². The summed E-state index contributed by atoms with van der Waals surface area (Å²) >= 11 is 1.88. The van der Waals surface area contributed by atoms with E-state index in [1.807, 2.05) is 36.4 Å². The third-order valence-corrected chi connectivity index (χ3v) is 5.23. The normalized spacial score (nSPS) is 10.8. The number of pyridine rings is 2. The third-order valence-electron chi connectivity index (χ3n) is 4.18. The van der Waals surface area contributed by atoms with Gasteiger partial charge in [-0.05, 0) is 67.5 Å². The fraction of sp³-hybridized carbons (Fsp3) is 0.238. The van der Waals surface area contributed by atoms with Crippen molar-refractivity contribution in [2.45, 2.75) is 32.6 Å². The van der Waals surface area contributed by atoms with Crippen molar-refractivity contribution in [3.8, 4) is 22.4 Å². The average molecular weight is 334 g/mol. The molecule has 0 amide bonds. The highest BCUT2D eigenvalue weighted by Crippen LogP contribution is 2.30. The monoisotopic (exact) mass is 334 g/mol.